The van der Waals surface area contributed by atoms with E-state index in [1.54, 1.807) is 6.26 Å². The van der Waals surface area contributed by atoms with Crippen LogP contribution in [0.4, 0.5) is 5.13 Å². The number of nitrogens with one attached hydrogen (secondary N) is 1. The van der Waals surface area contributed by atoms with Crippen molar-refractivity contribution in [2.45, 2.75) is 46.3 Å². The second-order valence-electron chi connectivity index (χ2n) is 6.70. The first-order valence-corrected chi connectivity index (χ1v) is 10.5. The van der Waals surface area contributed by atoms with Gasteiger partial charge in [0.05, 0.1) is 23.3 Å². The van der Waals surface area contributed by atoms with Crippen LogP contribution in [0.3, 0.4) is 0 Å². The van der Waals surface area contributed by atoms with Crippen LogP contribution in [0.15, 0.2) is 21.9 Å². The van der Waals surface area contributed by atoms with Crippen molar-refractivity contribution in [2.24, 2.45) is 5.92 Å². The molecule has 3 rings (SSSR count). The Morgan fingerprint density at radius 1 is 1.33 bits per heavy atom. The van der Waals surface area contributed by atoms with E-state index in [0.29, 0.717) is 11.0 Å². The number of anilines is 1. The lowest BCUT2D eigenvalue weighted by Crippen LogP contribution is -2.15. The summed E-state index contributed by atoms with van der Waals surface area (Å²) in [5.74, 6) is 2.13. The Morgan fingerprint density at radius 3 is 2.70 bits per heavy atom. The highest BCUT2D eigenvalue weighted by Crippen LogP contribution is 2.28. The molecule has 9 heteroatoms. The number of rotatable bonds is 7. The Labute approximate surface area is 166 Å². The number of carbonyl (C=O) groups is 1. The number of furan rings is 1. The van der Waals surface area contributed by atoms with Gasteiger partial charge >= 0.3 is 0 Å². The minimum atomic E-state index is -0.103. The van der Waals surface area contributed by atoms with Crippen LogP contribution >= 0.6 is 23.1 Å². The topological polar surface area (TPSA) is 85.8 Å². The minimum absolute atomic E-state index is 0.103. The largest absolute Gasteiger partial charge is 0.469 e. The number of thiazole rings is 1. The summed E-state index contributed by atoms with van der Waals surface area (Å²) in [7, 11) is 0. The van der Waals surface area contributed by atoms with Crippen molar-refractivity contribution in [3.63, 3.8) is 0 Å². The van der Waals surface area contributed by atoms with Gasteiger partial charge in [-0.25, -0.2) is 4.98 Å². The molecule has 1 amide bonds. The highest BCUT2D eigenvalue weighted by atomic mass is 32.2. The van der Waals surface area contributed by atoms with Gasteiger partial charge in [-0.05, 0) is 32.8 Å². The SMILES string of the molecule is Cc1nc(NC(=O)CSc2nnc(-c3ccoc3C)n2CC(C)C)sc1C. The standard InChI is InChI=1S/C18H23N5O2S2/c1-10(2)8-23-16(14-6-7-25-12(14)4)21-22-18(23)26-9-15(24)20-17-19-11(3)13(5)27-17/h6-7,10H,8-9H2,1-5H3,(H,19,20,24). The molecule has 0 aliphatic heterocycles. The smallest absolute Gasteiger partial charge is 0.236 e. The van der Waals surface area contributed by atoms with Gasteiger partial charge in [-0.15, -0.1) is 21.5 Å². The Bertz CT molecular complexity index is 922. The minimum Gasteiger partial charge on any atom is -0.469 e. The molecule has 0 bridgehead atoms. The number of thioether (sulfide) groups is 1. The summed E-state index contributed by atoms with van der Waals surface area (Å²) >= 11 is 2.86. The molecule has 0 aliphatic rings. The van der Waals surface area contributed by atoms with Gasteiger partial charge in [0.15, 0.2) is 16.1 Å². The molecule has 3 heterocycles. The first kappa shape index (κ1) is 19.6. The molecule has 3 aromatic heterocycles. The van der Waals surface area contributed by atoms with E-state index in [0.717, 1.165) is 39.4 Å². The third-order valence-electron chi connectivity index (χ3n) is 3.97. The molecular formula is C18H23N5O2S2. The second kappa shape index (κ2) is 8.26. The molecule has 0 aromatic carbocycles. The molecule has 0 atom stereocenters. The van der Waals surface area contributed by atoms with Crippen LogP contribution in [-0.2, 0) is 11.3 Å². The van der Waals surface area contributed by atoms with E-state index in [4.69, 9.17) is 4.42 Å². The summed E-state index contributed by atoms with van der Waals surface area (Å²) in [6, 6.07) is 1.89. The molecule has 0 saturated carbocycles. The Morgan fingerprint density at radius 2 is 2.11 bits per heavy atom. The summed E-state index contributed by atoms with van der Waals surface area (Å²) in [5, 5.41) is 12.9. The van der Waals surface area contributed by atoms with Crippen LogP contribution in [0.5, 0.6) is 0 Å². The number of aryl methyl sites for hydroxylation is 3. The molecule has 0 aliphatic carbocycles. The molecule has 3 aromatic rings. The van der Waals surface area contributed by atoms with Gasteiger partial charge < -0.3 is 14.3 Å². The molecule has 1 N–H and O–H groups in total. The van der Waals surface area contributed by atoms with Crippen molar-refractivity contribution in [1.29, 1.82) is 0 Å². The molecule has 0 unspecified atom stereocenters. The Hall–Kier alpha value is -2.13. The fourth-order valence-corrected chi connectivity index (χ4v) is 4.13. The zero-order valence-corrected chi connectivity index (χ0v) is 17.7. The predicted molar refractivity (Wildman–Crippen MR) is 108 cm³/mol. The number of amides is 1. The van der Waals surface area contributed by atoms with Crippen LogP contribution in [0.2, 0.25) is 0 Å². The third-order valence-corrected chi connectivity index (χ3v) is 5.93. The van der Waals surface area contributed by atoms with E-state index in [1.807, 2.05) is 26.8 Å². The van der Waals surface area contributed by atoms with Gasteiger partial charge in [-0.1, -0.05) is 25.6 Å². The third kappa shape index (κ3) is 4.59. The molecule has 0 radical (unpaired) electrons. The van der Waals surface area contributed by atoms with E-state index in [9.17, 15) is 4.79 Å². The van der Waals surface area contributed by atoms with Gasteiger partial charge in [0.2, 0.25) is 5.91 Å². The quantitative estimate of drug-likeness (QED) is 0.590. The average Bonchev–Trinajstić information content (AvgIpc) is 3.26. The van der Waals surface area contributed by atoms with Crippen LogP contribution in [0.25, 0.3) is 11.4 Å². The van der Waals surface area contributed by atoms with E-state index >= 15 is 0 Å². The van der Waals surface area contributed by atoms with Crippen molar-refractivity contribution in [1.82, 2.24) is 19.7 Å². The van der Waals surface area contributed by atoms with E-state index < -0.39 is 0 Å². The molecule has 27 heavy (non-hydrogen) atoms. The number of hydrogen-bond acceptors (Lipinski definition) is 7. The lowest BCUT2D eigenvalue weighted by Gasteiger charge is -2.12. The lowest BCUT2D eigenvalue weighted by molar-refractivity contribution is -0.113. The van der Waals surface area contributed by atoms with E-state index in [1.165, 1.54) is 23.1 Å². The maximum atomic E-state index is 12.3. The van der Waals surface area contributed by atoms with Gasteiger partial charge in [0.25, 0.3) is 0 Å². The van der Waals surface area contributed by atoms with E-state index in [-0.39, 0.29) is 11.7 Å². The highest BCUT2D eigenvalue weighted by molar-refractivity contribution is 7.99. The monoisotopic (exact) mass is 405 g/mol. The zero-order valence-electron chi connectivity index (χ0n) is 16.1. The molecule has 0 saturated heterocycles. The van der Waals surface area contributed by atoms with E-state index in [2.05, 4.69) is 38.9 Å². The predicted octanol–water partition coefficient (Wildman–Crippen LogP) is 4.31. The normalized spacial score (nSPS) is 11.3. The Balaban J connectivity index is 1.73. The van der Waals surface area contributed by atoms with Crippen molar-refractivity contribution in [3.8, 4) is 11.4 Å². The first-order chi connectivity index (χ1) is 12.8. The van der Waals surface area contributed by atoms with Crippen LogP contribution in [-0.4, -0.2) is 31.4 Å². The number of hydrogen-bond donors (Lipinski definition) is 1. The van der Waals surface area contributed by atoms with Crippen molar-refractivity contribution < 1.29 is 9.21 Å². The maximum absolute atomic E-state index is 12.3. The van der Waals surface area contributed by atoms with Gasteiger partial charge in [0.1, 0.15) is 5.76 Å². The van der Waals surface area contributed by atoms with Gasteiger partial charge in [0, 0.05) is 11.4 Å². The molecule has 144 valence electrons. The summed E-state index contributed by atoms with van der Waals surface area (Å²) in [5.41, 5.74) is 1.87. The van der Waals surface area contributed by atoms with Crippen LogP contribution in [0.1, 0.15) is 30.2 Å². The average molecular weight is 406 g/mol. The molecular weight excluding hydrogens is 382 g/mol. The first-order valence-electron chi connectivity index (χ1n) is 8.69. The number of carbonyl (C=O) groups excluding carboxylic acids is 1. The summed E-state index contributed by atoms with van der Waals surface area (Å²) in [6.45, 7) is 10.9. The second-order valence-corrected chi connectivity index (χ2v) is 8.84. The maximum Gasteiger partial charge on any atom is 0.236 e. The van der Waals surface area contributed by atoms with Crippen molar-refractivity contribution >= 4 is 34.1 Å². The summed E-state index contributed by atoms with van der Waals surface area (Å²) in [4.78, 5) is 17.7. The van der Waals surface area contributed by atoms with Gasteiger partial charge in [-0.2, -0.15) is 0 Å². The fourth-order valence-electron chi connectivity index (χ4n) is 2.55. The molecule has 0 fully saturated rings. The summed E-state index contributed by atoms with van der Waals surface area (Å²) in [6.07, 6.45) is 1.65. The highest BCUT2D eigenvalue weighted by Gasteiger charge is 2.19. The number of nitrogens with zero attached hydrogens (tertiary/aromatic N) is 4. The molecule has 7 nitrogen and oxygen atoms in total. The van der Waals surface area contributed by atoms with Crippen LogP contribution < -0.4 is 5.32 Å². The lowest BCUT2D eigenvalue weighted by atomic mass is 10.2. The van der Waals surface area contributed by atoms with Crippen molar-refractivity contribution in [2.75, 3.05) is 11.1 Å². The number of aromatic nitrogens is 4. The fraction of sp³-hybridized carbons (Fsp3) is 0.444. The van der Waals surface area contributed by atoms with Crippen molar-refractivity contribution in [3.05, 3.63) is 28.7 Å². The summed E-state index contributed by atoms with van der Waals surface area (Å²) < 4.78 is 7.46. The van der Waals surface area contributed by atoms with Gasteiger partial charge in [-0.3, -0.25) is 4.79 Å². The zero-order chi connectivity index (χ0) is 19.6. The molecule has 0 spiro atoms. The Kier molecular flexibility index (Phi) is 6.01. The van der Waals surface area contributed by atoms with Crippen LogP contribution in [0, 0.1) is 26.7 Å².